The topological polar surface area (TPSA) is 107 Å². The first-order chi connectivity index (χ1) is 11.6. The van der Waals surface area contributed by atoms with E-state index in [1.54, 1.807) is 19.1 Å². The number of aliphatic hydroxyl groups is 2. The van der Waals surface area contributed by atoms with Gasteiger partial charge in [0.15, 0.2) is 0 Å². The van der Waals surface area contributed by atoms with E-state index in [9.17, 15) is 24.9 Å². The lowest BCUT2D eigenvalue weighted by Crippen LogP contribution is -2.53. The summed E-state index contributed by atoms with van der Waals surface area (Å²) < 4.78 is 5.85. The summed E-state index contributed by atoms with van der Waals surface area (Å²) in [5.74, 6) is -3.67. The number of carboxylic acids is 1. The molecule has 0 aromatic rings. The monoisotopic (exact) mass is 345 g/mol. The molecule has 4 aliphatic carbocycles. The predicted molar refractivity (Wildman–Crippen MR) is 82.5 cm³/mol. The second-order valence-corrected chi connectivity index (χ2v) is 8.92. The van der Waals surface area contributed by atoms with Crippen LogP contribution in [0.5, 0.6) is 0 Å². The van der Waals surface area contributed by atoms with Crippen LogP contribution in [0, 0.1) is 28.6 Å². The van der Waals surface area contributed by atoms with Crippen LogP contribution < -0.4 is 5.11 Å². The Kier molecular flexibility index (Phi) is 2.50. The molecule has 4 bridgehead atoms. The minimum atomic E-state index is -1.31. The highest BCUT2D eigenvalue weighted by atomic mass is 16.6. The molecule has 0 radical (unpaired) electrons. The molecule has 1 saturated heterocycles. The van der Waals surface area contributed by atoms with Gasteiger partial charge in [-0.05, 0) is 49.7 Å². The van der Waals surface area contributed by atoms with E-state index in [1.807, 2.05) is 0 Å². The van der Waals surface area contributed by atoms with Crippen molar-refractivity contribution in [1.29, 1.82) is 0 Å². The summed E-state index contributed by atoms with van der Waals surface area (Å²) in [6.07, 6.45) is 3.91. The van der Waals surface area contributed by atoms with Gasteiger partial charge in [-0.25, -0.2) is 0 Å². The smallest absolute Gasteiger partial charge is 0.316 e. The lowest BCUT2D eigenvalue weighted by atomic mass is 9.61. The second kappa shape index (κ2) is 4.01. The van der Waals surface area contributed by atoms with E-state index < -0.39 is 51.9 Å². The number of hydrogen-bond acceptors (Lipinski definition) is 6. The van der Waals surface area contributed by atoms with Crippen LogP contribution in [0.25, 0.3) is 0 Å². The molecule has 3 saturated carbocycles. The summed E-state index contributed by atoms with van der Waals surface area (Å²) in [6, 6.07) is 0. The highest BCUT2D eigenvalue weighted by Crippen LogP contribution is 2.77. The van der Waals surface area contributed by atoms with Gasteiger partial charge in [-0.1, -0.05) is 12.7 Å². The Morgan fingerprint density at radius 1 is 1.48 bits per heavy atom. The first-order valence-corrected chi connectivity index (χ1v) is 8.84. The van der Waals surface area contributed by atoms with E-state index in [0.29, 0.717) is 31.3 Å². The van der Waals surface area contributed by atoms with Crippen LogP contribution >= 0.6 is 0 Å². The van der Waals surface area contributed by atoms with E-state index in [4.69, 9.17) is 4.74 Å². The molecule has 0 amide bonds. The van der Waals surface area contributed by atoms with Gasteiger partial charge in [0.05, 0.1) is 11.7 Å². The molecule has 6 nitrogen and oxygen atoms in total. The Balaban J connectivity index is 1.78. The van der Waals surface area contributed by atoms with Crippen LogP contribution in [0.2, 0.25) is 0 Å². The van der Waals surface area contributed by atoms with E-state index in [0.717, 1.165) is 0 Å². The van der Waals surface area contributed by atoms with E-state index in [-0.39, 0.29) is 5.92 Å². The summed E-state index contributed by atoms with van der Waals surface area (Å²) in [4.78, 5) is 24.9. The highest BCUT2D eigenvalue weighted by molar-refractivity contribution is 5.86. The first-order valence-electron chi connectivity index (χ1n) is 8.84. The maximum atomic E-state index is 12.7. The maximum Gasteiger partial charge on any atom is 0.316 e. The Labute approximate surface area is 145 Å². The molecule has 0 aromatic carbocycles. The molecule has 2 N–H and O–H groups in total. The lowest BCUT2D eigenvalue weighted by Gasteiger charge is -2.45. The standard InChI is InChI=1S/C19H22O6/c1-9-7-17-8-18(9,24)5-3-10(17)19-6-4-11(20)16(2,15(23)25-19)13(19)12(17)14(21)22/h4,6,10-13,20,24H,1,3,5,7-8H2,2H3,(H,21,22)/p-1/t10-,11+,12+,13+,16+,17+,18+,19+/m0/s1. The summed E-state index contributed by atoms with van der Waals surface area (Å²) >= 11 is 0. The molecule has 0 aromatic heterocycles. The van der Waals surface area contributed by atoms with Crippen molar-refractivity contribution < 1.29 is 29.6 Å². The van der Waals surface area contributed by atoms with Crippen molar-refractivity contribution in [1.82, 2.24) is 0 Å². The van der Waals surface area contributed by atoms with Crippen molar-refractivity contribution in [2.75, 3.05) is 0 Å². The van der Waals surface area contributed by atoms with Gasteiger partial charge >= 0.3 is 5.97 Å². The molecule has 4 fully saturated rings. The van der Waals surface area contributed by atoms with Crippen LogP contribution in [0.15, 0.2) is 24.3 Å². The van der Waals surface area contributed by atoms with E-state index in [1.165, 1.54) is 0 Å². The minimum Gasteiger partial charge on any atom is -0.550 e. The van der Waals surface area contributed by atoms with Crippen molar-refractivity contribution in [2.24, 2.45) is 28.6 Å². The second-order valence-electron chi connectivity index (χ2n) is 8.92. The first kappa shape index (κ1) is 15.6. The van der Waals surface area contributed by atoms with Gasteiger partial charge < -0.3 is 24.9 Å². The normalized spacial score (nSPS) is 58.0. The molecule has 25 heavy (non-hydrogen) atoms. The molecule has 1 heterocycles. The van der Waals surface area contributed by atoms with Crippen LogP contribution in [-0.2, 0) is 14.3 Å². The lowest BCUT2D eigenvalue weighted by molar-refractivity contribution is -0.318. The third-order valence-electron chi connectivity index (χ3n) is 8.11. The maximum absolute atomic E-state index is 12.7. The van der Waals surface area contributed by atoms with Gasteiger partial charge in [0.1, 0.15) is 11.0 Å². The van der Waals surface area contributed by atoms with Crippen LogP contribution in [0.4, 0.5) is 0 Å². The third-order valence-corrected chi connectivity index (χ3v) is 8.11. The molecule has 6 heteroatoms. The van der Waals surface area contributed by atoms with Crippen LogP contribution in [0.3, 0.4) is 0 Å². The number of aliphatic hydroxyl groups excluding tert-OH is 1. The fraction of sp³-hybridized carbons (Fsp3) is 0.684. The SMILES string of the molecule is C=C1C[C@@]23C[C@]1(O)CC[C@@H]2[C@@]12C=C[C@@H](O)[C@@](C)(C(=O)O1)[C@H]2[C@@H]3C(=O)[O-]. The van der Waals surface area contributed by atoms with Gasteiger partial charge in [-0.3, -0.25) is 4.79 Å². The number of carboxylic acid groups (broad SMARTS) is 1. The number of hydrogen-bond donors (Lipinski definition) is 2. The molecular weight excluding hydrogens is 324 g/mol. The van der Waals surface area contributed by atoms with Gasteiger partial charge in [0.2, 0.25) is 0 Å². The molecule has 1 spiro atoms. The fourth-order valence-electron chi connectivity index (χ4n) is 7.11. The van der Waals surface area contributed by atoms with Crippen molar-refractivity contribution in [3.63, 3.8) is 0 Å². The summed E-state index contributed by atoms with van der Waals surface area (Å²) in [6.45, 7) is 5.60. The fourth-order valence-corrected chi connectivity index (χ4v) is 7.11. The number of fused-ring (bicyclic) bond motifs is 1. The van der Waals surface area contributed by atoms with Crippen LogP contribution in [0.1, 0.15) is 32.6 Å². The zero-order valence-corrected chi connectivity index (χ0v) is 14.0. The van der Waals surface area contributed by atoms with Crippen molar-refractivity contribution in [3.8, 4) is 0 Å². The molecule has 5 rings (SSSR count). The van der Waals surface area contributed by atoms with Crippen molar-refractivity contribution >= 4 is 11.9 Å². The number of aliphatic carboxylic acids is 1. The van der Waals surface area contributed by atoms with Crippen molar-refractivity contribution in [2.45, 2.75) is 49.9 Å². The summed E-state index contributed by atoms with van der Waals surface area (Å²) in [5.41, 5.74) is -3.49. The number of esters is 1. The Hall–Kier alpha value is -1.66. The summed E-state index contributed by atoms with van der Waals surface area (Å²) in [7, 11) is 0. The quantitative estimate of drug-likeness (QED) is 0.499. The number of carbonyl (C=O) groups excluding carboxylic acids is 2. The zero-order chi connectivity index (χ0) is 18.0. The number of carbonyl (C=O) groups is 2. The molecule has 5 aliphatic rings. The summed E-state index contributed by atoms with van der Waals surface area (Å²) in [5, 5.41) is 33.7. The number of rotatable bonds is 1. The van der Waals surface area contributed by atoms with Crippen LogP contribution in [-0.4, -0.2) is 39.5 Å². The molecule has 134 valence electrons. The minimum absolute atomic E-state index is 0.220. The number of ether oxygens (including phenoxy) is 1. The van der Waals surface area contributed by atoms with Gasteiger partial charge in [0.25, 0.3) is 0 Å². The zero-order valence-electron chi connectivity index (χ0n) is 14.0. The Bertz CT molecular complexity index is 772. The largest absolute Gasteiger partial charge is 0.550 e. The average Bonchev–Trinajstić information content (AvgIpc) is 2.95. The van der Waals surface area contributed by atoms with Crippen molar-refractivity contribution in [3.05, 3.63) is 24.3 Å². The van der Waals surface area contributed by atoms with Gasteiger partial charge in [-0.15, -0.1) is 0 Å². The van der Waals surface area contributed by atoms with E-state index in [2.05, 4.69) is 6.58 Å². The third kappa shape index (κ3) is 1.36. The highest BCUT2D eigenvalue weighted by Gasteiger charge is 2.82. The molecule has 1 aliphatic heterocycles. The Morgan fingerprint density at radius 2 is 2.20 bits per heavy atom. The molecule has 0 unspecified atom stereocenters. The van der Waals surface area contributed by atoms with E-state index >= 15 is 0 Å². The predicted octanol–water partition coefficient (Wildman–Crippen LogP) is -0.308. The average molecular weight is 345 g/mol. The van der Waals surface area contributed by atoms with Gasteiger partial charge in [-0.2, -0.15) is 0 Å². The molecule has 8 atom stereocenters. The molecular formula is C19H21O6-. The Morgan fingerprint density at radius 3 is 2.88 bits per heavy atom. The van der Waals surface area contributed by atoms with Gasteiger partial charge in [0, 0.05) is 23.7 Å².